The number of rotatable bonds is 8. The molecule has 0 amide bonds. The first-order valence-corrected chi connectivity index (χ1v) is 14.8. The third kappa shape index (κ3) is 7.97. The zero-order chi connectivity index (χ0) is 31.1. The number of alkyl halides is 3. The average molecular weight is 608 g/mol. The molecule has 0 saturated carbocycles. The van der Waals surface area contributed by atoms with E-state index in [0.29, 0.717) is 36.1 Å². The Balaban J connectivity index is 0.00000155. The van der Waals surface area contributed by atoms with Crippen molar-refractivity contribution >= 4 is 28.0 Å². The molecule has 13 heteroatoms. The fourth-order valence-corrected chi connectivity index (χ4v) is 6.94. The first-order chi connectivity index (χ1) is 19.7. The highest BCUT2D eigenvalue weighted by molar-refractivity contribution is 7.92. The van der Waals surface area contributed by atoms with Crippen molar-refractivity contribution in [3.05, 3.63) is 77.2 Å². The Morgan fingerprint density at radius 2 is 1.81 bits per heavy atom. The van der Waals surface area contributed by atoms with Crippen LogP contribution >= 0.6 is 0 Å². The second kappa shape index (κ2) is 13.5. The molecule has 228 valence electrons. The molecule has 1 aliphatic heterocycles. The van der Waals surface area contributed by atoms with Gasteiger partial charge in [-0.3, -0.25) is 9.52 Å². The molecule has 1 aliphatic rings. The van der Waals surface area contributed by atoms with E-state index in [2.05, 4.69) is 24.5 Å². The highest BCUT2D eigenvalue weighted by atomic mass is 32.2. The summed E-state index contributed by atoms with van der Waals surface area (Å²) in [5.74, 6) is 0.195. The topological polar surface area (TPSA) is 116 Å². The highest BCUT2D eigenvalue weighted by Gasteiger charge is 2.38. The smallest absolute Gasteiger partial charge is 0.416 e. The third-order valence-electron chi connectivity index (χ3n) is 7.54. The van der Waals surface area contributed by atoms with Gasteiger partial charge in [-0.2, -0.15) is 13.2 Å². The summed E-state index contributed by atoms with van der Waals surface area (Å²) in [7, 11) is 0.170. The quantitative estimate of drug-likeness (QED) is 0.338. The van der Waals surface area contributed by atoms with Gasteiger partial charge in [0.15, 0.2) is 0 Å². The summed E-state index contributed by atoms with van der Waals surface area (Å²) in [5, 5.41) is 6.89. The van der Waals surface area contributed by atoms with E-state index in [1.807, 2.05) is 26.2 Å². The Hall–Kier alpha value is -3.71. The Morgan fingerprint density at radius 1 is 1.14 bits per heavy atom. The van der Waals surface area contributed by atoms with Gasteiger partial charge in [0.1, 0.15) is 12.1 Å². The molecule has 1 atom stereocenters. The summed E-state index contributed by atoms with van der Waals surface area (Å²) in [6.45, 7) is 4.80. The lowest BCUT2D eigenvalue weighted by molar-refractivity contribution is -0.137. The third-order valence-corrected chi connectivity index (χ3v) is 9.20. The van der Waals surface area contributed by atoms with Crippen molar-refractivity contribution in [1.82, 2.24) is 14.9 Å². The number of aryl methyl sites for hydroxylation is 3. The molecular formula is C29H36F3N5O4S. The maximum absolute atomic E-state index is 13.2. The van der Waals surface area contributed by atoms with Gasteiger partial charge in [0, 0.05) is 30.5 Å². The van der Waals surface area contributed by atoms with Crippen LogP contribution in [0.15, 0.2) is 59.9 Å². The number of sulfonamides is 1. The number of carboxylic acid groups (broad SMARTS) is 1. The van der Waals surface area contributed by atoms with E-state index in [1.54, 1.807) is 19.9 Å². The zero-order valence-electron chi connectivity index (χ0n) is 24.0. The number of benzene rings is 2. The van der Waals surface area contributed by atoms with Gasteiger partial charge in [-0.1, -0.05) is 18.2 Å². The Kier molecular flexibility index (Phi) is 10.6. The van der Waals surface area contributed by atoms with Gasteiger partial charge in [0.25, 0.3) is 16.5 Å². The lowest BCUT2D eigenvalue weighted by atomic mass is 9.82. The predicted octanol–water partition coefficient (Wildman–Crippen LogP) is 5.15. The minimum atomic E-state index is -4.36. The zero-order valence-corrected chi connectivity index (χ0v) is 24.8. The van der Waals surface area contributed by atoms with Crippen molar-refractivity contribution in [3.8, 4) is 0 Å². The van der Waals surface area contributed by atoms with Gasteiger partial charge in [0.05, 0.1) is 10.5 Å². The first-order valence-electron chi connectivity index (χ1n) is 13.3. The molecule has 1 saturated heterocycles. The predicted molar refractivity (Wildman–Crippen MR) is 155 cm³/mol. The number of halogens is 3. The molecule has 2 N–H and O–H groups in total. The molecule has 0 bridgehead atoms. The van der Waals surface area contributed by atoms with E-state index in [9.17, 15) is 21.6 Å². The highest BCUT2D eigenvalue weighted by Crippen LogP contribution is 2.36. The molecule has 2 heterocycles. The number of nitrogens with zero attached hydrogens (tertiary/aromatic N) is 4. The molecular weight excluding hydrogens is 571 g/mol. The van der Waals surface area contributed by atoms with Gasteiger partial charge in [-0.15, -0.1) is 0 Å². The van der Waals surface area contributed by atoms with Crippen molar-refractivity contribution in [2.45, 2.75) is 56.1 Å². The van der Waals surface area contributed by atoms with Crippen molar-refractivity contribution in [2.75, 3.05) is 36.8 Å². The van der Waals surface area contributed by atoms with E-state index in [-0.39, 0.29) is 22.7 Å². The second-order valence-electron chi connectivity index (χ2n) is 10.6. The number of hydrogen-bond acceptors (Lipinski definition) is 7. The summed E-state index contributed by atoms with van der Waals surface area (Å²) < 4.78 is 68.5. The molecule has 42 heavy (non-hydrogen) atoms. The number of aromatic nitrogens is 2. The average Bonchev–Trinajstić information content (AvgIpc) is 2.92. The largest absolute Gasteiger partial charge is 0.483 e. The molecule has 1 aromatic heterocycles. The summed E-state index contributed by atoms with van der Waals surface area (Å²) in [4.78, 5) is 20.8. The summed E-state index contributed by atoms with van der Waals surface area (Å²) in [5.41, 5.74) is 1.97. The molecule has 4 rings (SSSR count). The number of piperidine rings is 1. The van der Waals surface area contributed by atoms with Crippen LogP contribution in [0.25, 0.3) is 0 Å². The normalized spacial score (nSPS) is 17.4. The Bertz CT molecular complexity index is 1450. The van der Waals surface area contributed by atoms with Gasteiger partial charge >= 0.3 is 6.18 Å². The minimum absolute atomic E-state index is 0.195. The van der Waals surface area contributed by atoms with E-state index >= 15 is 0 Å². The lowest BCUT2D eigenvalue weighted by Gasteiger charge is -2.48. The van der Waals surface area contributed by atoms with E-state index < -0.39 is 21.8 Å². The van der Waals surface area contributed by atoms with Crippen LogP contribution in [0.1, 0.15) is 41.5 Å². The molecule has 2 aromatic carbocycles. The molecule has 9 nitrogen and oxygen atoms in total. The fraction of sp³-hybridized carbons (Fsp3) is 0.414. The molecule has 3 aromatic rings. The molecule has 0 radical (unpaired) electrons. The van der Waals surface area contributed by atoms with Crippen LogP contribution in [0, 0.1) is 13.8 Å². The standard InChI is InChI=1S/C28H34F3N5O2S.CH2O2/c1-20-15-24(16-21(2)26(20)39(37,38)34-25-10-13-32-19-33-25)36-14-6-11-27(18-36,35(3)4)12-9-22-7-5-8-23(17-22)28(29,30)31;2-1-3/h5,7-8,10,13,15-17,19H,6,9,11-12,14,18H2,1-4H3,(H,32,33,34);1H,(H,2,3)/t27-;/m0./s1. The van der Waals surface area contributed by atoms with Gasteiger partial charge in [-0.05, 0) is 94.6 Å². The van der Waals surface area contributed by atoms with Crippen molar-refractivity contribution in [2.24, 2.45) is 0 Å². The Morgan fingerprint density at radius 3 is 2.38 bits per heavy atom. The number of hydrogen-bond donors (Lipinski definition) is 2. The lowest BCUT2D eigenvalue weighted by Crippen LogP contribution is -2.56. The van der Waals surface area contributed by atoms with Crippen molar-refractivity contribution < 1.29 is 31.5 Å². The van der Waals surface area contributed by atoms with Crippen molar-refractivity contribution in [3.63, 3.8) is 0 Å². The van der Waals surface area contributed by atoms with Gasteiger partial charge < -0.3 is 14.9 Å². The van der Waals surface area contributed by atoms with Crippen LogP contribution in [-0.4, -0.2) is 67.6 Å². The molecule has 1 fully saturated rings. The second-order valence-corrected chi connectivity index (χ2v) is 12.2. The van der Waals surface area contributed by atoms with Gasteiger partial charge in [0.2, 0.25) is 0 Å². The summed E-state index contributed by atoms with van der Waals surface area (Å²) >= 11 is 0. The van der Waals surface area contributed by atoms with Crippen LogP contribution < -0.4 is 9.62 Å². The van der Waals surface area contributed by atoms with Crippen LogP contribution in [0.4, 0.5) is 24.7 Å². The van der Waals surface area contributed by atoms with Crippen molar-refractivity contribution in [1.29, 1.82) is 0 Å². The number of anilines is 2. The van der Waals surface area contributed by atoms with E-state index in [1.165, 1.54) is 30.7 Å². The van der Waals surface area contributed by atoms with E-state index in [0.717, 1.165) is 31.1 Å². The molecule has 0 aliphatic carbocycles. The monoisotopic (exact) mass is 607 g/mol. The first kappa shape index (κ1) is 32.8. The van der Waals surface area contributed by atoms with Crippen LogP contribution in [0.5, 0.6) is 0 Å². The maximum atomic E-state index is 13.2. The number of carbonyl (C=O) groups is 1. The number of likely N-dealkylation sites (N-methyl/N-ethyl adjacent to an activating group) is 1. The van der Waals surface area contributed by atoms with E-state index in [4.69, 9.17) is 9.90 Å². The van der Waals surface area contributed by atoms with Crippen LogP contribution in [0.2, 0.25) is 0 Å². The molecule has 0 spiro atoms. The minimum Gasteiger partial charge on any atom is -0.483 e. The van der Waals surface area contributed by atoms with Gasteiger partial charge in [-0.25, -0.2) is 18.4 Å². The summed E-state index contributed by atoms with van der Waals surface area (Å²) in [6.07, 6.45) is 1.44. The number of nitrogens with one attached hydrogen (secondary N) is 1. The SMILES string of the molecule is Cc1cc(N2CCC[C@@](CCc3cccc(C(F)(F)F)c3)(N(C)C)C2)cc(C)c1S(=O)(=O)Nc1ccncn1.O=CO. The Labute approximate surface area is 244 Å². The molecule has 0 unspecified atom stereocenters. The van der Waals surface area contributed by atoms with Crippen LogP contribution in [0.3, 0.4) is 0 Å². The summed E-state index contributed by atoms with van der Waals surface area (Å²) in [6, 6.07) is 10.8. The van der Waals surface area contributed by atoms with Crippen LogP contribution in [-0.2, 0) is 27.4 Å². The maximum Gasteiger partial charge on any atom is 0.416 e. The fourth-order valence-electron chi connectivity index (χ4n) is 5.48.